The highest BCUT2D eigenvalue weighted by atomic mass is 32.1. The predicted octanol–water partition coefficient (Wildman–Crippen LogP) is 1.68. The smallest absolute Gasteiger partial charge is 0.271 e. The SMILES string of the molecule is CCOc1ccc(C(=O)NCCn2cnc3ccsc3c2=O)cn1. The van der Waals surface area contributed by atoms with Gasteiger partial charge in [-0.2, -0.15) is 0 Å². The number of carbonyl (C=O) groups is 1. The van der Waals surface area contributed by atoms with E-state index in [9.17, 15) is 9.59 Å². The van der Waals surface area contributed by atoms with Crippen molar-refractivity contribution in [2.45, 2.75) is 13.5 Å². The first kappa shape index (κ1) is 16.1. The molecule has 0 saturated carbocycles. The molecule has 0 fully saturated rings. The third kappa shape index (κ3) is 3.43. The second kappa shape index (κ2) is 7.22. The Balaban J connectivity index is 1.59. The molecule has 1 amide bonds. The van der Waals surface area contributed by atoms with Crippen LogP contribution in [0.3, 0.4) is 0 Å². The zero-order valence-electron chi connectivity index (χ0n) is 13.1. The molecule has 0 radical (unpaired) electrons. The lowest BCUT2D eigenvalue weighted by Crippen LogP contribution is -2.30. The van der Waals surface area contributed by atoms with Crippen molar-refractivity contribution < 1.29 is 9.53 Å². The number of nitrogens with zero attached hydrogens (tertiary/aromatic N) is 3. The first-order valence-electron chi connectivity index (χ1n) is 7.48. The molecular formula is C16H16N4O3S. The molecule has 0 aliphatic carbocycles. The van der Waals surface area contributed by atoms with Crippen LogP contribution in [0.5, 0.6) is 5.88 Å². The third-order valence-electron chi connectivity index (χ3n) is 3.36. The normalized spacial score (nSPS) is 10.7. The second-order valence-corrected chi connectivity index (χ2v) is 5.87. The summed E-state index contributed by atoms with van der Waals surface area (Å²) in [7, 11) is 0. The van der Waals surface area contributed by atoms with E-state index in [1.807, 2.05) is 18.4 Å². The van der Waals surface area contributed by atoms with Crippen LogP contribution in [0.4, 0.5) is 0 Å². The minimum atomic E-state index is -0.247. The molecule has 0 bridgehead atoms. The van der Waals surface area contributed by atoms with Crippen LogP contribution in [0.15, 0.2) is 40.9 Å². The van der Waals surface area contributed by atoms with Crippen molar-refractivity contribution in [3.63, 3.8) is 0 Å². The summed E-state index contributed by atoms with van der Waals surface area (Å²) in [5.74, 6) is 0.236. The van der Waals surface area contributed by atoms with Gasteiger partial charge < -0.3 is 10.1 Å². The van der Waals surface area contributed by atoms with Crippen molar-refractivity contribution in [1.82, 2.24) is 19.9 Å². The Morgan fingerprint density at radius 2 is 2.21 bits per heavy atom. The van der Waals surface area contributed by atoms with Gasteiger partial charge in [-0.3, -0.25) is 14.2 Å². The summed E-state index contributed by atoms with van der Waals surface area (Å²) in [5, 5.41) is 4.60. The maximum Gasteiger partial charge on any atom is 0.271 e. The molecule has 1 N–H and O–H groups in total. The zero-order valence-corrected chi connectivity index (χ0v) is 13.9. The molecule has 0 saturated heterocycles. The van der Waals surface area contributed by atoms with E-state index in [0.29, 0.717) is 41.4 Å². The second-order valence-electron chi connectivity index (χ2n) is 4.95. The number of ether oxygens (including phenoxy) is 1. The van der Waals surface area contributed by atoms with Crippen LogP contribution in [0.25, 0.3) is 10.2 Å². The number of aromatic nitrogens is 3. The van der Waals surface area contributed by atoms with Gasteiger partial charge in [-0.25, -0.2) is 9.97 Å². The molecule has 0 aliphatic rings. The van der Waals surface area contributed by atoms with Gasteiger partial charge in [0.25, 0.3) is 11.5 Å². The molecule has 3 aromatic heterocycles. The molecule has 3 aromatic rings. The fraction of sp³-hybridized carbons (Fsp3) is 0.250. The van der Waals surface area contributed by atoms with E-state index in [4.69, 9.17) is 4.74 Å². The standard InChI is InChI=1S/C16H16N4O3S/c1-2-23-13-4-3-11(9-18-13)15(21)17-6-7-20-10-19-12-5-8-24-14(12)16(20)22/h3-5,8-10H,2,6-7H2,1H3,(H,17,21). The fourth-order valence-corrected chi connectivity index (χ4v) is 2.97. The summed E-state index contributed by atoms with van der Waals surface area (Å²) in [6.07, 6.45) is 2.97. The Morgan fingerprint density at radius 3 is 2.96 bits per heavy atom. The quantitative estimate of drug-likeness (QED) is 0.735. The minimum Gasteiger partial charge on any atom is -0.478 e. The van der Waals surface area contributed by atoms with E-state index in [1.165, 1.54) is 28.4 Å². The topological polar surface area (TPSA) is 86.1 Å². The van der Waals surface area contributed by atoms with Gasteiger partial charge in [0.05, 0.1) is 24.0 Å². The number of thiophene rings is 1. The van der Waals surface area contributed by atoms with Gasteiger partial charge in [-0.1, -0.05) is 0 Å². The van der Waals surface area contributed by atoms with Crippen molar-refractivity contribution >= 4 is 27.5 Å². The molecule has 0 atom stereocenters. The number of hydrogen-bond acceptors (Lipinski definition) is 6. The van der Waals surface area contributed by atoms with Crippen LogP contribution in [0, 0.1) is 0 Å². The molecule has 0 aliphatic heterocycles. The van der Waals surface area contributed by atoms with E-state index in [1.54, 1.807) is 12.1 Å². The van der Waals surface area contributed by atoms with Crippen molar-refractivity contribution in [3.05, 3.63) is 52.0 Å². The van der Waals surface area contributed by atoms with Gasteiger partial charge in [-0.15, -0.1) is 11.3 Å². The highest BCUT2D eigenvalue weighted by Gasteiger charge is 2.08. The summed E-state index contributed by atoms with van der Waals surface area (Å²) >= 11 is 1.37. The van der Waals surface area contributed by atoms with Crippen LogP contribution < -0.4 is 15.6 Å². The van der Waals surface area contributed by atoms with Crippen LogP contribution in [-0.2, 0) is 6.54 Å². The number of carbonyl (C=O) groups excluding carboxylic acids is 1. The number of hydrogen-bond donors (Lipinski definition) is 1. The highest BCUT2D eigenvalue weighted by molar-refractivity contribution is 7.17. The average Bonchev–Trinajstić information content (AvgIpc) is 3.07. The molecule has 24 heavy (non-hydrogen) atoms. The maximum absolute atomic E-state index is 12.2. The van der Waals surface area contributed by atoms with Crippen molar-refractivity contribution in [2.75, 3.05) is 13.2 Å². The first-order chi connectivity index (χ1) is 11.7. The molecule has 124 valence electrons. The van der Waals surface area contributed by atoms with Gasteiger partial charge in [-0.05, 0) is 24.4 Å². The summed E-state index contributed by atoms with van der Waals surface area (Å²) in [5.41, 5.74) is 1.05. The van der Waals surface area contributed by atoms with Crippen LogP contribution in [-0.4, -0.2) is 33.6 Å². The molecular weight excluding hydrogens is 328 g/mol. The van der Waals surface area contributed by atoms with E-state index < -0.39 is 0 Å². The lowest BCUT2D eigenvalue weighted by molar-refractivity contribution is 0.0951. The molecule has 0 aromatic carbocycles. The van der Waals surface area contributed by atoms with Gasteiger partial charge in [0.2, 0.25) is 5.88 Å². The zero-order chi connectivity index (χ0) is 16.9. The minimum absolute atomic E-state index is 0.0908. The Morgan fingerprint density at radius 1 is 1.33 bits per heavy atom. The van der Waals surface area contributed by atoms with E-state index in [-0.39, 0.29) is 11.5 Å². The van der Waals surface area contributed by atoms with E-state index >= 15 is 0 Å². The van der Waals surface area contributed by atoms with E-state index in [0.717, 1.165) is 0 Å². The number of amides is 1. The molecule has 3 rings (SSSR count). The average molecular weight is 344 g/mol. The van der Waals surface area contributed by atoms with Gasteiger partial charge in [0.15, 0.2) is 0 Å². The summed E-state index contributed by atoms with van der Waals surface area (Å²) < 4.78 is 7.35. The van der Waals surface area contributed by atoms with Crippen LogP contribution in [0.1, 0.15) is 17.3 Å². The monoisotopic (exact) mass is 344 g/mol. The van der Waals surface area contributed by atoms with Gasteiger partial charge >= 0.3 is 0 Å². The van der Waals surface area contributed by atoms with Crippen LogP contribution >= 0.6 is 11.3 Å². The number of rotatable bonds is 6. The molecule has 7 nitrogen and oxygen atoms in total. The number of fused-ring (bicyclic) bond motifs is 1. The Hall–Kier alpha value is -2.74. The van der Waals surface area contributed by atoms with Crippen molar-refractivity contribution in [1.29, 1.82) is 0 Å². The Kier molecular flexibility index (Phi) is 4.85. The Bertz CT molecular complexity index is 902. The Labute approximate surface area is 141 Å². The highest BCUT2D eigenvalue weighted by Crippen LogP contribution is 2.13. The molecule has 0 unspecified atom stereocenters. The largest absolute Gasteiger partial charge is 0.478 e. The molecule has 0 spiro atoms. The van der Waals surface area contributed by atoms with Crippen molar-refractivity contribution in [2.24, 2.45) is 0 Å². The summed E-state index contributed by atoms with van der Waals surface area (Å²) in [6, 6.07) is 5.11. The van der Waals surface area contributed by atoms with Crippen LogP contribution in [0.2, 0.25) is 0 Å². The van der Waals surface area contributed by atoms with Gasteiger partial charge in [0, 0.05) is 25.4 Å². The predicted molar refractivity (Wildman–Crippen MR) is 91.6 cm³/mol. The number of pyridine rings is 1. The third-order valence-corrected chi connectivity index (χ3v) is 4.26. The summed E-state index contributed by atoms with van der Waals surface area (Å²) in [4.78, 5) is 32.6. The lowest BCUT2D eigenvalue weighted by atomic mass is 10.2. The molecule has 3 heterocycles. The van der Waals surface area contributed by atoms with E-state index in [2.05, 4.69) is 15.3 Å². The maximum atomic E-state index is 12.2. The lowest BCUT2D eigenvalue weighted by Gasteiger charge is -2.08. The number of nitrogens with one attached hydrogen (secondary N) is 1. The fourth-order valence-electron chi connectivity index (χ4n) is 2.18. The van der Waals surface area contributed by atoms with Crippen molar-refractivity contribution in [3.8, 4) is 5.88 Å². The summed E-state index contributed by atoms with van der Waals surface area (Å²) in [6.45, 7) is 3.07. The van der Waals surface area contributed by atoms with Gasteiger partial charge in [0.1, 0.15) is 4.70 Å². The first-order valence-corrected chi connectivity index (χ1v) is 8.36. The molecule has 8 heteroatoms.